The summed E-state index contributed by atoms with van der Waals surface area (Å²) in [6, 6.07) is 13.4. The first-order valence-corrected chi connectivity index (χ1v) is 11.9. The lowest BCUT2D eigenvalue weighted by Crippen LogP contribution is -2.56. The number of alkyl halides is 3. The molecule has 0 radical (unpaired) electrons. The lowest BCUT2D eigenvalue weighted by molar-refractivity contribution is -0.137. The average Bonchev–Trinajstić information content (AvgIpc) is 3.05. The topological polar surface area (TPSA) is 66.4 Å². The summed E-state index contributed by atoms with van der Waals surface area (Å²) in [6.07, 6.45) is -4.54. The number of hydrogen-bond donors (Lipinski definition) is 1. The van der Waals surface area contributed by atoms with E-state index in [-0.39, 0.29) is 29.7 Å². The summed E-state index contributed by atoms with van der Waals surface area (Å²) >= 11 is 0. The van der Waals surface area contributed by atoms with E-state index in [4.69, 9.17) is 9.47 Å². The van der Waals surface area contributed by atoms with E-state index in [1.165, 1.54) is 31.4 Å². The number of carbonyl (C=O) groups excluding carboxylic acids is 1. The molecule has 38 heavy (non-hydrogen) atoms. The van der Waals surface area contributed by atoms with Crippen LogP contribution in [0.25, 0.3) is 0 Å². The molecule has 0 bridgehead atoms. The van der Waals surface area contributed by atoms with E-state index in [2.05, 4.69) is 10.3 Å². The zero-order chi connectivity index (χ0) is 27.0. The van der Waals surface area contributed by atoms with Crippen molar-refractivity contribution < 1.29 is 31.8 Å². The van der Waals surface area contributed by atoms with Crippen LogP contribution in [0.4, 0.5) is 33.7 Å². The molecule has 1 atom stereocenters. The number of nitrogens with zero attached hydrogens (tertiary/aromatic N) is 3. The number of benzene rings is 3. The molecule has 3 aromatic carbocycles. The fourth-order valence-corrected chi connectivity index (χ4v) is 4.50. The maximum atomic E-state index is 14.0. The van der Waals surface area contributed by atoms with E-state index in [0.29, 0.717) is 36.0 Å². The molecule has 1 fully saturated rings. The van der Waals surface area contributed by atoms with Crippen molar-refractivity contribution in [3.63, 3.8) is 0 Å². The van der Waals surface area contributed by atoms with Crippen LogP contribution in [0.1, 0.15) is 18.1 Å². The smallest absolute Gasteiger partial charge is 0.416 e. The number of urea groups is 1. The molecule has 1 saturated heterocycles. The molecule has 0 unspecified atom stereocenters. The Balaban J connectivity index is 1.46. The zero-order valence-electron chi connectivity index (χ0n) is 20.6. The molecule has 7 nitrogen and oxygen atoms in total. The number of methoxy groups -OCH3 is 1. The molecule has 5 rings (SSSR count). The van der Waals surface area contributed by atoms with E-state index < -0.39 is 23.6 Å². The highest BCUT2D eigenvalue weighted by atomic mass is 19.4. The van der Waals surface area contributed by atoms with Crippen LogP contribution >= 0.6 is 0 Å². The summed E-state index contributed by atoms with van der Waals surface area (Å²) in [5, 5.41) is 2.60. The van der Waals surface area contributed by atoms with Crippen LogP contribution in [0.15, 0.2) is 65.7 Å². The fourth-order valence-electron chi connectivity index (χ4n) is 4.50. The molecule has 2 aliphatic heterocycles. The van der Waals surface area contributed by atoms with Gasteiger partial charge in [0.25, 0.3) is 0 Å². The number of anilines is 1. The van der Waals surface area contributed by atoms with Gasteiger partial charge in [-0.15, -0.1) is 0 Å². The van der Waals surface area contributed by atoms with E-state index in [0.717, 1.165) is 12.1 Å². The Hall–Kier alpha value is -4.28. The van der Waals surface area contributed by atoms with Gasteiger partial charge in [-0.1, -0.05) is 12.1 Å². The molecule has 0 saturated carbocycles. The lowest BCUT2D eigenvalue weighted by atomic mass is 10.1. The van der Waals surface area contributed by atoms with Crippen molar-refractivity contribution in [1.29, 1.82) is 0 Å². The van der Waals surface area contributed by atoms with Gasteiger partial charge in [-0.2, -0.15) is 13.2 Å². The largest absolute Gasteiger partial charge is 0.497 e. The molecule has 2 heterocycles. The molecule has 1 N–H and O–H groups in total. The van der Waals surface area contributed by atoms with E-state index in [1.54, 1.807) is 29.2 Å². The Kier molecular flexibility index (Phi) is 6.60. The van der Waals surface area contributed by atoms with Crippen molar-refractivity contribution in [2.24, 2.45) is 4.99 Å². The average molecular weight is 529 g/mol. The minimum Gasteiger partial charge on any atom is -0.497 e. The number of hydrogen-bond acceptors (Lipinski definition) is 5. The molecule has 0 spiro atoms. The summed E-state index contributed by atoms with van der Waals surface area (Å²) in [5.41, 5.74) is -0.173. The predicted octanol–water partition coefficient (Wildman–Crippen LogP) is 6.28. The number of halogens is 4. The number of piperazine rings is 1. The van der Waals surface area contributed by atoms with Gasteiger partial charge in [-0.3, -0.25) is 0 Å². The van der Waals surface area contributed by atoms with Crippen molar-refractivity contribution in [3.05, 3.63) is 77.6 Å². The maximum absolute atomic E-state index is 14.0. The van der Waals surface area contributed by atoms with Gasteiger partial charge in [0.1, 0.15) is 28.8 Å². The molecule has 0 aromatic heterocycles. The minimum atomic E-state index is -4.54. The Morgan fingerprint density at radius 2 is 1.84 bits per heavy atom. The number of carbonyl (C=O) groups is 1. The van der Waals surface area contributed by atoms with Crippen LogP contribution < -0.4 is 14.8 Å². The second-order valence-corrected chi connectivity index (χ2v) is 8.98. The Bertz CT molecular complexity index is 1410. The van der Waals surface area contributed by atoms with Crippen LogP contribution in [0.3, 0.4) is 0 Å². The Morgan fingerprint density at radius 3 is 2.55 bits per heavy atom. The first-order chi connectivity index (χ1) is 18.1. The second kappa shape index (κ2) is 9.88. The third-order valence-electron chi connectivity index (χ3n) is 6.46. The highest BCUT2D eigenvalue weighted by Crippen LogP contribution is 2.42. The molecular formula is C27H24F4N4O3. The summed E-state index contributed by atoms with van der Waals surface area (Å²) in [5.74, 6) is 0.990. The summed E-state index contributed by atoms with van der Waals surface area (Å²) in [4.78, 5) is 21.0. The van der Waals surface area contributed by atoms with Crippen LogP contribution in [0.5, 0.6) is 17.2 Å². The lowest BCUT2D eigenvalue weighted by Gasteiger charge is -2.41. The predicted molar refractivity (Wildman–Crippen MR) is 134 cm³/mol. The highest BCUT2D eigenvalue weighted by molar-refractivity contribution is 6.04. The molecular weight excluding hydrogens is 504 g/mol. The summed E-state index contributed by atoms with van der Waals surface area (Å²) < 4.78 is 65.7. The number of amidine groups is 1. The molecule has 2 amide bonds. The van der Waals surface area contributed by atoms with Crippen molar-refractivity contribution in [1.82, 2.24) is 9.80 Å². The number of aliphatic imine (C=N–C) groups is 1. The van der Waals surface area contributed by atoms with Gasteiger partial charge in [0.15, 0.2) is 5.75 Å². The maximum Gasteiger partial charge on any atom is 0.416 e. The number of fused-ring (bicyclic) bond motifs is 2. The molecule has 2 aliphatic rings. The van der Waals surface area contributed by atoms with Gasteiger partial charge < -0.3 is 24.6 Å². The van der Waals surface area contributed by atoms with Crippen LogP contribution in [-0.4, -0.2) is 54.5 Å². The molecule has 198 valence electrons. The Labute approximate surface area is 216 Å². The van der Waals surface area contributed by atoms with Crippen molar-refractivity contribution in [2.75, 3.05) is 32.1 Å². The van der Waals surface area contributed by atoms with Crippen LogP contribution in [0.2, 0.25) is 0 Å². The SMILES string of the molecule is COc1ccc2c(c1)C(N1CCN(C(=O)Nc3ccccc3F)[C@H](C)C1)=Nc1cc(C(F)(F)F)ccc1O2. The third kappa shape index (κ3) is 4.96. The number of ether oxygens (including phenoxy) is 2. The van der Waals surface area contributed by atoms with Gasteiger partial charge in [0.05, 0.1) is 23.9 Å². The monoisotopic (exact) mass is 528 g/mol. The highest BCUT2D eigenvalue weighted by Gasteiger charge is 2.34. The normalized spacial score (nSPS) is 17.0. The van der Waals surface area contributed by atoms with E-state index in [1.807, 2.05) is 11.8 Å². The molecule has 11 heteroatoms. The van der Waals surface area contributed by atoms with Gasteiger partial charge in [0, 0.05) is 25.7 Å². The number of rotatable bonds is 2. The molecule has 0 aliphatic carbocycles. The van der Waals surface area contributed by atoms with Crippen LogP contribution in [-0.2, 0) is 6.18 Å². The number of para-hydroxylation sites is 1. The number of amides is 2. The Morgan fingerprint density at radius 1 is 1.08 bits per heavy atom. The van der Waals surface area contributed by atoms with Crippen molar-refractivity contribution >= 4 is 23.2 Å². The quantitative estimate of drug-likeness (QED) is 0.398. The minimum absolute atomic E-state index is 0.0392. The van der Waals surface area contributed by atoms with E-state index in [9.17, 15) is 22.4 Å². The van der Waals surface area contributed by atoms with Crippen LogP contribution in [0, 0.1) is 5.82 Å². The molecule has 3 aromatic rings. The van der Waals surface area contributed by atoms with Gasteiger partial charge in [-0.05, 0) is 55.5 Å². The van der Waals surface area contributed by atoms with Crippen molar-refractivity contribution in [3.8, 4) is 17.2 Å². The fraction of sp³-hybridized carbons (Fsp3) is 0.259. The second-order valence-electron chi connectivity index (χ2n) is 8.98. The van der Waals surface area contributed by atoms with E-state index >= 15 is 0 Å². The van der Waals surface area contributed by atoms with Crippen molar-refractivity contribution in [2.45, 2.75) is 19.1 Å². The van der Waals surface area contributed by atoms with Gasteiger partial charge in [-0.25, -0.2) is 14.2 Å². The first-order valence-electron chi connectivity index (χ1n) is 11.9. The summed E-state index contributed by atoms with van der Waals surface area (Å²) in [7, 11) is 1.51. The summed E-state index contributed by atoms with van der Waals surface area (Å²) in [6.45, 7) is 2.77. The number of nitrogens with one attached hydrogen (secondary N) is 1. The van der Waals surface area contributed by atoms with Gasteiger partial charge >= 0.3 is 12.2 Å². The first kappa shape index (κ1) is 25.4. The third-order valence-corrected chi connectivity index (χ3v) is 6.46. The standard InChI is InChI=1S/C27H24F4N4O3/c1-16-15-34(11-12-35(16)26(36)33-21-6-4-3-5-20(21)28)25-19-14-18(37-2)8-10-23(19)38-24-9-7-17(27(29,30)31)13-22(24)32-25/h3-10,13-14,16H,11-12,15H2,1-2H3,(H,33,36)/t16-/m1/s1. The zero-order valence-corrected chi connectivity index (χ0v) is 20.6. The van der Waals surface area contributed by atoms with Gasteiger partial charge in [0.2, 0.25) is 0 Å².